The number of rotatable bonds is 7. The number of aliphatic carboxylic acids is 1. The van der Waals surface area contributed by atoms with Crippen molar-refractivity contribution in [2.45, 2.75) is 25.7 Å². The fraction of sp³-hybridized carbons (Fsp3) is 0.400. The molecule has 2 aromatic rings. The van der Waals surface area contributed by atoms with E-state index >= 15 is 0 Å². The minimum absolute atomic E-state index is 0.125. The minimum atomic E-state index is -0.927. The van der Waals surface area contributed by atoms with Crippen molar-refractivity contribution in [1.82, 2.24) is 4.98 Å². The van der Waals surface area contributed by atoms with Crippen LogP contribution in [0.3, 0.4) is 0 Å². The Bertz CT molecular complexity index is 683. The van der Waals surface area contributed by atoms with E-state index in [2.05, 4.69) is 4.98 Å². The summed E-state index contributed by atoms with van der Waals surface area (Å²) in [5, 5.41) is 10.1. The highest BCUT2D eigenvalue weighted by atomic mass is 32.1. The van der Waals surface area contributed by atoms with Gasteiger partial charge in [-0.1, -0.05) is 6.92 Å². The van der Waals surface area contributed by atoms with Crippen molar-refractivity contribution in [2.24, 2.45) is 0 Å². The van der Waals surface area contributed by atoms with Crippen LogP contribution in [0.5, 0.6) is 5.75 Å². The largest absolute Gasteiger partial charge is 0.497 e. The molecular weight excluding hydrogens is 322 g/mol. The van der Waals surface area contributed by atoms with E-state index in [-0.39, 0.29) is 11.5 Å². The first-order valence-corrected chi connectivity index (χ1v) is 8.10. The molecule has 1 N–H and O–H groups in total. The number of methoxy groups -OCH3 is 1. The van der Waals surface area contributed by atoms with Crippen molar-refractivity contribution in [3.63, 3.8) is 0 Å². The fourth-order valence-corrected chi connectivity index (χ4v) is 3.35. The highest BCUT2D eigenvalue weighted by molar-refractivity contribution is 7.80. The Labute approximate surface area is 137 Å². The lowest BCUT2D eigenvalue weighted by Crippen LogP contribution is -2.18. The molecule has 0 radical (unpaired) electrons. The Morgan fingerprint density at radius 2 is 2.27 bits per heavy atom. The second-order valence-electron chi connectivity index (χ2n) is 4.70. The number of benzene rings is 1. The number of carboxylic acid groups (broad SMARTS) is 1. The van der Waals surface area contributed by atoms with E-state index in [1.165, 1.54) is 11.3 Å². The summed E-state index contributed by atoms with van der Waals surface area (Å²) in [6.07, 6.45) is 0.691. The zero-order chi connectivity index (χ0) is 16.1. The molecule has 1 aromatic carbocycles. The van der Waals surface area contributed by atoms with Crippen LogP contribution < -0.4 is 4.74 Å². The lowest BCUT2D eigenvalue weighted by molar-refractivity contribution is -0.137. The first kappa shape index (κ1) is 16.6. The number of nitrogens with zero attached hydrogens (tertiary/aromatic N) is 1. The van der Waals surface area contributed by atoms with Gasteiger partial charge in [-0.2, -0.15) is 0 Å². The molecule has 7 heteroatoms. The quantitative estimate of drug-likeness (QED) is 0.777. The smallest absolute Gasteiger partial charge is 0.304 e. The molecule has 0 amide bonds. The molecule has 0 saturated heterocycles. The Morgan fingerprint density at radius 1 is 1.50 bits per heavy atom. The average Bonchev–Trinajstić information content (AvgIpc) is 2.92. The molecule has 1 unspecified atom stereocenters. The molecule has 1 atom stereocenters. The molecule has 22 heavy (non-hydrogen) atoms. The normalized spacial score (nSPS) is 12.1. The molecule has 2 rings (SSSR count). The van der Waals surface area contributed by atoms with Crippen LogP contribution in [-0.2, 0) is 9.53 Å². The lowest BCUT2D eigenvalue weighted by Gasteiger charge is -2.14. The van der Waals surface area contributed by atoms with Gasteiger partial charge in [-0.25, -0.2) is 4.98 Å². The van der Waals surface area contributed by atoms with E-state index in [9.17, 15) is 4.79 Å². The van der Waals surface area contributed by atoms with Crippen LogP contribution in [0.1, 0.15) is 30.7 Å². The second kappa shape index (κ2) is 7.51. The molecule has 0 aliphatic rings. The number of carboxylic acids is 1. The standard InChI is InChI=1S/C15H17NO4S2/c1-3-6-20-15(21)10(8-13(17)18)14-16-11-7-9(19-2)4-5-12(11)22-14/h4-5,7,10H,3,6,8H2,1-2H3,(H,17,18). The number of hydrogen-bond acceptors (Lipinski definition) is 6. The van der Waals surface area contributed by atoms with Gasteiger partial charge in [0.15, 0.2) is 5.05 Å². The van der Waals surface area contributed by atoms with Crippen LogP contribution >= 0.6 is 23.6 Å². The van der Waals surface area contributed by atoms with Crippen molar-refractivity contribution in [3.8, 4) is 5.75 Å². The lowest BCUT2D eigenvalue weighted by atomic mass is 10.1. The molecule has 0 saturated carbocycles. The first-order valence-electron chi connectivity index (χ1n) is 6.88. The molecule has 118 valence electrons. The summed E-state index contributed by atoms with van der Waals surface area (Å²) in [5.74, 6) is -0.726. The maximum atomic E-state index is 11.1. The Hall–Kier alpha value is -1.73. The summed E-state index contributed by atoms with van der Waals surface area (Å²) in [6.45, 7) is 2.45. The molecule has 0 spiro atoms. The maximum Gasteiger partial charge on any atom is 0.304 e. The summed E-state index contributed by atoms with van der Waals surface area (Å²) >= 11 is 6.68. The molecule has 0 aliphatic carbocycles. The molecule has 1 heterocycles. The van der Waals surface area contributed by atoms with E-state index in [0.29, 0.717) is 17.4 Å². The Kier molecular flexibility index (Phi) is 5.68. The number of thiazole rings is 1. The van der Waals surface area contributed by atoms with Gasteiger partial charge < -0.3 is 14.6 Å². The third-order valence-electron chi connectivity index (χ3n) is 3.02. The summed E-state index contributed by atoms with van der Waals surface area (Å²) in [4.78, 5) is 15.6. The topological polar surface area (TPSA) is 68.7 Å². The number of fused-ring (bicyclic) bond motifs is 1. The van der Waals surface area contributed by atoms with E-state index in [4.69, 9.17) is 26.8 Å². The van der Waals surface area contributed by atoms with Crippen LogP contribution in [0.2, 0.25) is 0 Å². The maximum absolute atomic E-state index is 11.1. The molecule has 0 fully saturated rings. The van der Waals surface area contributed by atoms with Crippen LogP contribution in [0.4, 0.5) is 0 Å². The number of hydrogen-bond donors (Lipinski definition) is 1. The average molecular weight is 339 g/mol. The van der Waals surface area contributed by atoms with Gasteiger partial charge in [0, 0.05) is 6.07 Å². The predicted molar refractivity (Wildman–Crippen MR) is 90.0 cm³/mol. The zero-order valence-electron chi connectivity index (χ0n) is 12.4. The van der Waals surface area contributed by atoms with E-state index in [0.717, 1.165) is 16.6 Å². The third-order valence-corrected chi connectivity index (χ3v) is 4.57. The van der Waals surface area contributed by atoms with Crippen molar-refractivity contribution in [2.75, 3.05) is 13.7 Å². The fourth-order valence-electron chi connectivity index (χ4n) is 1.95. The van der Waals surface area contributed by atoms with Crippen LogP contribution in [0.15, 0.2) is 18.2 Å². The molecule has 0 aliphatic heterocycles. The number of carbonyl (C=O) groups is 1. The number of ether oxygens (including phenoxy) is 2. The van der Waals surface area contributed by atoms with Crippen molar-refractivity contribution in [3.05, 3.63) is 23.2 Å². The summed E-state index contributed by atoms with van der Waals surface area (Å²) < 4.78 is 11.6. The van der Waals surface area contributed by atoms with Gasteiger partial charge in [0.05, 0.1) is 36.3 Å². The van der Waals surface area contributed by atoms with Gasteiger partial charge in [0.25, 0.3) is 0 Å². The van der Waals surface area contributed by atoms with E-state index in [1.54, 1.807) is 7.11 Å². The highest BCUT2D eigenvalue weighted by Gasteiger charge is 2.25. The molecule has 0 bridgehead atoms. The van der Waals surface area contributed by atoms with Gasteiger partial charge in [0.1, 0.15) is 10.8 Å². The van der Waals surface area contributed by atoms with E-state index < -0.39 is 11.9 Å². The van der Waals surface area contributed by atoms with Crippen LogP contribution in [0.25, 0.3) is 10.2 Å². The third kappa shape index (κ3) is 3.92. The monoisotopic (exact) mass is 339 g/mol. The van der Waals surface area contributed by atoms with Crippen molar-refractivity contribution in [1.29, 1.82) is 0 Å². The molecular formula is C15H17NO4S2. The molecule has 5 nitrogen and oxygen atoms in total. The van der Waals surface area contributed by atoms with Gasteiger partial charge in [0.2, 0.25) is 0 Å². The van der Waals surface area contributed by atoms with Crippen LogP contribution in [0, 0.1) is 0 Å². The summed E-state index contributed by atoms with van der Waals surface area (Å²) in [5.41, 5.74) is 0.771. The van der Waals surface area contributed by atoms with Crippen molar-refractivity contribution < 1.29 is 19.4 Å². The van der Waals surface area contributed by atoms with Crippen LogP contribution in [-0.4, -0.2) is 34.8 Å². The van der Waals surface area contributed by atoms with Gasteiger partial charge in [-0.15, -0.1) is 11.3 Å². The van der Waals surface area contributed by atoms with Gasteiger partial charge >= 0.3 is 5.97 Å². The minimum Gasteiger partial charge on any atom is -0.497 e. The van der Waals surface area contributed by atoms with E-state index in [1.807, 2.05) is 25.1 Å². The summed E-state index contributed by atoms with van der Waals surface area (Å²) in [6, 6.07) is 5.58. The SMILES string of the molecule is CCCOC(=S)C(CC(=O)O)c1nc2cc(OC)ccc2s1. The first-order chi connectivity index (χ1) is 10.5. The molecule has 1 aromatic heterocycles. The van der Waals surface area contributed by atoms with Crippen molar-refractivity contribution >= 4 is 44.8 Å². The van der Waals surface area contributed by atoms with Gasteiger partial charge in [-0.3, -0.25) is 4.79 Å². The highest BCUT2D eigenvalue weighted by Crippen LogP contribution is 2.32. The summed E-state index contributed by atoms with van der Waals surface area (Å²) in [7, 11) is 1.59. The Balaban J connectivity index is 2.33. The second-order valence-corrected chi connectivity index (χ2v) is 6.17. The number of aromatic nitrogens is 1. The Morgan fingerprint density at radius 3 is 2.91 bits per heavy atom. The van der Waals surface area contributed by atoms with Gasteiger partial charge in [-0.05, 0) is 30.8 Å². The zero-order valence-corrected chi connectivity index (χ0v) is 14.0. The predicted octanol–water partition coefficient (Wildman–Crippen LogP) is 3.62. The number of thiocarbonyl (C=S) groups is 1.